The number of alkyl halides is 2. The topological polar surface area (TPSA) is 72.4 Å². The zero-order valence-electron chi connectivity index (χ0n) is 18.7. The summed E-state index contributed by atoms with van der Waals surface area (Å²) in [5.74, 6) is -0.865. The molecule has 1 aromatic heterocycles. The number of nitrogens with zero attached hydrogens (tertiary/aromatic N) is 3. The third kappa shape index (κ3) is 5.07. The number of likely N-dealkylation sites (tertiary alicyclic amines) is 1. The zero-order chi connectivity index (χ0) is 24.6. The third-order valence-electron chi connectivity index (χ3n) is 6.77. The molecule has 3 heterocycles. The van der Waals surface area contributed by atoms with Gasteiger partial charge in [0.25, 0.3) is 0 Å². The highest BCUT2D eigenvalue weighted by Crippen LogP contribution is 2.46. The first-order chi connectivity index (χ1) is 16.8. The first-order valence-electron chi connectivity index (χ1n) is 11.4. The first kappa shape index (κ1) is 24.2. The molecule has 0 unspecified atom stereocenters. The molecule has 0 bridgehead atoms. The summed E-state index contributed by atoms with van der Waals surface area (Å²) in [5.41, 5.74) is 1.62. The van der Waals surface area contributed by atoms with Gasteiger partial charge in [0.05, 0.1) is 11.5 Å². The standard InChI is InChI=1S/C24H24F3N3O3S2/c25-17-3-1-15(2-4-17)21-11-16(24(26)27)7-9-30(21)20-8-10-33-22-12-18(5-6-19(20)22)35(31,32)13-23-28-14-29-34-23/h1-6,12,14,16,20-21,24H,7-11,13H2/t16-,20-,21+/m1/s1. The molecule has 0 spiro atoms. The molecule has 6 nitrogen and oxygen atoms in total. The fourth-order valence-electron chi connectivity index (χ4n) is 5.02. The molecular formula is C24H24F3N3O3S2. The summed E-state index contributed by atoms with van der Waals surface area (Å²) in [5, 5.41) is 0.408. The maximum absolute atomic E-state index is 13.6. The molecule has 1 saturated heterocycles. The second kappa shape index (κ2) is 9.87. The van der Waals surface area contributed by atoms with E-state index in [1.165, 1.54) is 24.5 Å². The highest BCUT2D eigenvalue weighted by molar-refractivity contribution is 7.90. The van der Waals surface area contributed by atoms with Crippen LogP contribution in [0.5, 0.6) is 5.75 Å². The van der Waals surface area contributed by atoms with Crippen LogP contribution in [0, 0.1) is 11.7 Å². The Morgan fingerprint density at radius 3 is 2.63 bits per heavy atom. The summed E-state index contributed by atoms with van der Waals surface area (Å²) in [6.07, 6.45) is 0.176. The molecule has 0 amide bonds. The van der Waals surface area contributed by atoms with Gasteiger partial charge in [-0.1, -0.05) is 18.2 Å². The van der Waals surface area contributed by atoms with Crippen molar-refractivity contribution in [2.24, 2.45) is 5.92 Å². The number of fused-ring (bicyclic) bond motifs is 1. The van der Waals surface area contributed by atoms with Crippen molar-refractivity contribution in [2.75, 3.05) is 13.2 Å². The maximum Gasteiger partial charge on any atom is 0.241 e. The van der Waals surface area contributed by atoms with Gasteiger partial charge in [0, 0.05) is 30.0 Å². The molecule has 3 aromatic rings. The molecule has 5 rings (SSSR count). The predicted octanol–water partition coefficient (Wildman–Crippen LogP) is 5.19. The fraction of sp³-hybridized carbons (Fsp3) is 0.417. The van der Waals surface area contributed by atoms with Crippen LogP contribution in [-0.4, -0.2) is 42.3 Å². The summed E-state index contributed by atoms with van der Waals surface area (Å²) in [7, 11) is -3.64. The molecule has 0 saturated carbocycles. The SMILES string of the molecule is O=S(=O)(Cc1ncns1)c1ccc2c(c1)OCC[C@H]2N1CC[C@@H](C(F)F)C[C@H]1c1ccc(F)cc1. The van der Waals surface area contributed by atoms with E-state index in [1.54, 1.807) is 24.3 Å². The Kier molecular flexibility index (Phi) is 6.82. The van der Waals surface area contributed by atoms with Crippen LogP contribution in [0.3, 0.4) is 0 Å². The van der Waals surface area contributed by atoms with Crippen molar-refractivity contribution in [3.05, 3.63) is 70.7 Å². The van der Waals surface area contributed by atoms with E-state index in [0.717, 1.165) is 22.7 Å². The first-order valence-corrected chi connectivity index (χ1v) is 13.8. The lowest BCUT2D eigenvalue weighted by atomic mass is 9.84. The molecule has 186 valence electrons. The Balaban J connectivity index is 1.45. The molecule has 2 aliphatic heterocycles. The molecule has 11 heteroatoms. The van der Waals surface area contributed by atoms with Crippen molar-refractivity contribution in [2.45, 2.75) is 48.4 Å². The van der Waals surface area contributed by atoms with Gasteiger partial charge in [0.15, 0.2) is 9.84 Å². The smallest absolute Gasteiger partial charge is 0.241 e. The van der Waals surface area contributed by atoms with Gasteiger partial charge in [0.1, 0.15) is 28.7 Å². The monoisotopic (exact) mass is 523 g/mol. The van der Waals surface area contributed by atoms with E-state index in [9.17, 15) is 21.6 Å². The number of hydrogen-bond donors (Lipinski definition) is 0. The minimum atomic E-state index is -3.64. The van der Waals surface area contributed by atoms with Gasteiger partial charge >= 0.3 is 0 Å². The van der Waals surface area contributed by atoms with Crippen LogP contribution in [0.15, 0.2) is 53.7 Å². The van der Waals surface area contributed by atoms with Crippen molar-refractivity contribution >= 4 is 21.4 Å². The van der Waals surface area contributed by atoms with Gasteiger partial charge in [-0.3, -0.25) is 4.90 Å². The number of hydrogen-bond acceptors (Lipinski definition) is 7. The fourth-order valence-corrected chi connectivity index (χ4v) is 7.13. The summed E-state index contributed by atoms with van der Waals surface area (Å²) in [4.78, 5) is 6.28. The Bertz CT molecular complexity index is 1270. The summed E-state index contributed by atoms with van der Waals surface area (Å²) >= 11 is 1.04. The molecule has 3 atom stereocenters. The van der Waals surface area contributed by atoms with E-state index in [0.29, 0.717) is 36.8 Å². The highest BCUT2D eigenvalue weighted by Gasteiger charge is 2.39. The largest absolute Gasteiger partial charge is 0.493 e. The number of halogens is 3. The van der Waals surface area contributed by atoms with E-state index in [2.05, 4.69) is 14.3 Å². The Hall–Kier alpha value is -2.50. The van der Waals surface area contributed by atoms with Crippen LogP contribution in [0.1, 0.15) is 47.5 Å². The number of benzene rings is 2. The second-order valence-electron chi connectivity index (χ2n) is 8.87. The van der Waals surface area contributed by atoms with Crippen LogP contribution in [0.2, 0.25) is 0 Å². The lowest BCUT2D eigenvalue weighted by Gasteiger charge is -2.45. The lowest BCUT2D eigenvalue weighted by Crippen LogP contribution is -2.42. The van der Waals surface area contributed by atoms with Crippen molar-refractivity contribution in [1.29, 1.82) is 0 Å². The molecule has 2 aromatic carbocycles. The Morgan fingerprint density at radius 2 is 1.91 bits per heavy atom. The minimum Gasteiger partial charge on any atom is -0.493 e. The third-order valence-corrected chi connectivity index (χ3v) is 9.24. The lowest BCUT2D eigenvalue weighted by molar-refractivity contribution is -0.0134. The highest BCUT2D eigenvalue weighted by atomic mass is 32.2. The molecule has 0 N–H and O–H groups in total. The van der Waals surface area contributed by atoms with Crippen LogP contribution >= 0.6 is 11.5 Å². The number of aromatic nitrogens is 2. The molecule has 35 heavy (non-hydrogen) atoms. The van der Waals surface area contributed by atoms with Gasteiger partial charge in [-0.15, -0.1) is 0 Å². The maximum atomic E-state index is 13.6. The summed E-state index contributed by atoms with van der Waals surface area (Å²) in [6.45, 7) is 0.834. The predicted molar refractivity (Wildman–Crippen MR) is 125 cm³/mol. The average Bonchev–Trinajstić information content (AvgIpc) is 3.36. The van der Waals surface area contributed by atoms with E-state index >= 15 is 0 Å². The number of rotatable bonds is 6. The van der Waals surface area contributed by atoms with Crippen molar-refractivity contribution in [3.8, 4) is 5.75 Å². The van der Waals surface area contributed by atoms with E-state index in [-0.39, 0.29) is 35.0 Å². The van der Waals surface area contributed by atoms with Crippen molar-refractivity contribution < 1.29 is 26.3 Å². The number of sulfone groups is 1. The van der Waals surface area contributed by atoms with E-state index in [4.69, 9.17) is 4.74 Å². The molecule has 2 aliphatic rings. The zero-order valence-corrected chi connectivity index (χ0v) is 20.3. The normalized spacial score (nSPS) is 23.1. The van der Waals surface area contributed by atoms with Crippen LogP contribution in [0.25, 0.3) is 0 Å². The van der Waals surface area contributed by atoms with E-state index in [1.807, 2.05) is 0 Å². The van der Waals surface area contributed by atoms with E-state index < -0.39 is 22.2 Å². The van der Waals surface area contributed by atoms with Crippen LogP contribution in [0.4, 0.5) is 13.2 Å². The minimum absolute atomic E-state index is 0.132. The van der Waals surface area contributed by atoms with Crippen LogP contribution < -0.4 is 4.74 Å². The second-order valence-corrected chi connectivity index (χ2v) is 11.7. The van der Waals surface area contributed by atoms with Gasteiger partial charge < -0.3 is 4.74 Å². The van der Waals surface area contributed by atoms with Gasteiger partial charge in [-0.2, -0.15) is 4.37 Å². The summed E-state index contributed by atoms with van der Waals surface area (Å²) in [6, 6.07) is 10.4. The molecule has 1 fully saturated rings. The van der Waals surface area contributed by atoms with Crippen LogP contribution in [-0.2, 0) is 15.6 Å². The quantitative estimate of drug-likeness (QED) is 0.443. The average molecular weight is 524 g/mol. The molecule has 0 aliphatic carbocycles. The van der Waals surface area contributed by atoms with Gasteiger partial charge in [-0.05, 0) is 60.7 Å². The van der Waals surface area contributed by atoms with Gasteiger partial charge in [-0.25, -0.2) is 26.6 Å². The molecular weight excluding hydrogens is 499 g/mol. The van der Waals surface area contributed by atoms with Crippen molar-refractivity contribution in [3.63, 3.8) is 0 Å². The number of piperidine rings is 1. The summed E-state index contributed by atoms with van der Waals surface area (Å²) < 4.78 is 76.3. The number of ether oxygens (including phenoxy) is 1. The van der Waals surface area contributed by atoms with Gasteiger partial charge in [0.2, 0.25) is 6.43 Å². The molecule has 0 radical (unpaired) electrons. The van der Waals surface area contributed by atoms with Crippen molar-refractivity contribution in [1.82, 2.24) is 14.3 Å². The Morgan fingerprint density at radius 1 is 1.11 bits per heavy atom. The Labute approximate surface area is 205 Å².